The Hall–Kier alpha value is -3.49. The first kappa shape index (κ1) is 19.8. The lowest BCUT2D eigenvalue weighted by Crippen LogP contribution is -2.52. The van der Waals surface area contributed by atoms with Crippen LogP contribution in [-0.4, -0.2) is 44.8 Å². The van der Waals surface area contributed by atoms with Crippen LogP contribution in [0.15, 0.2) is 24.3 Å². The number of aromatic amines is 1. The van der Waals surface area contributed by atoms with Crippen molar-refractivity contribution in [2.75, 3.05) is 5.32 Å². The number of aromatic nitrogens is 2. The van der Waals surface area contributed by atoms with Crippen molar-refractivity contribution in [3.05, 3.63) is 46.8 Å². The monoisotopic (exact) mass is 409 g/mol. The fourth-order valence-corrected chi connectivity index (χ4v) is 3.67. The molecular weight excluding hydrogens is 386 g/mol. The number of carbonyl (C=O) groups excluding carboxylic acids is 4. The molecule has 1 fully saturated rings. The minimum Gasteiger partial charge on any atom is -0.322 e. The highest BCUT2D eigenvalue weighted by Crippen LogP contribution is 2.29. The highest BCUT2D eigenvalue weighted by atomic mass is 16.2. The number of hydrogen-bond acceptors (Lipinski definition) is 5. The molecule has 9 nitrogen and oxygen atoms in total. The van der Waals surface area contributed by atoms with Crippen molar-refractivity contribution >= 4 is 29.3 Å². The summed E-state index contributed by atoms with van der Waals surface area (Å²) in [5, 5.41) is 12.0. The van der Waals surface area contributed by atoms with Crippen LogP contribution in [0.4, 0.5) is 5.69 Å². The highest BCUT2D eigenvalue weighted by Gasteiger charge is 2.39. The predicted molar refractivity (Wildman–Crippen MR) is 108 cm³/mol. The third-order valence-corrected chi connectivity index (χ3v) is 5.40. The van der Waals surface area contributed by atoms with Crippen molar-refractivity contribution in [1.29, 1.82) is 0 Å². The highest BCUT2D eigenvalue weighted by molar-refractivity contribution is 6.06. The smallest absolute Gasteiger partial charge is 0.276 e. The summed E-state index contributed by atoms with van der Waals surface area (Å²) in [5.41, 5.74) is 2.73. The van der Waals surface area contributed by atoms with Gasteiger partial charge >= 0.3 is 0 Å². The molecule has 0 spiro atoms. The largest absolute Gasteiger partial charge is 0.322 e. The maximum absolute atomic E-state index is 12.7. The molecular formula is C21H23N5O4. The molecule has 30 heavy (non-hydrogen) atoms. The van der Waals surface area contributed by atoms with Crippen LogP contribution in [0.3, 0.4) is 0 Å². The number of imide groups is 1. The van der Waals surface area contributed by atoms with Crippen LogP contribution in [0.1, 0.15) is 65.7 Å². The van der Waals surface area contributed by atoms with E-state index in [1.165, 1.54) is 4.90 Å². The van der Waals surface area contributed by atoms with E-state index in [2.05, 4.69) is 20.8 Å². The molecule has 1 aromatic heterocycles. The lowest BCUT2D eigenvalue weighted by Gasteiger charge is -2.29. The molecule has 2 aliphatic rings. The summed E-state index contributed by atoms with van der Waals surface area (Å²) in [5.74, 6) is -1.37. The molecule has 0 saturated carbocycles. The first-order chi connectivity index (χ1) is 14.1. The SMILES string of the molecule is CC(C)(C)c1cc(C(=O)Nc2ccc3c(c2)CN(C2CCC(=O)NC2=O)C3=O)n[nH]1. The summed E-state index contributed by atoms with van der Waals surface area (Å²) >= 11 is 0. The Kier molecular flexibility index (Phi) is 4.68. The lowest BCUT2D eigenvalue weighted by atomic mass is 9.92. The second-order valence-corrected chi connectivity index (χ2v) is 8.64. The van der Waals surface area contributed by atoms with Gasteiger partial charge in [-0.05, 0) is 36.2 Å². The zero-order valence-electron chi connectivity index (χ0n) is 17.0. The van der Waals surface area contributed by atoms with Gasteiger partial charge in [0, 0.05) is 35.3 Å². The topological polar surface area (TPSA) is 124 Å². The molecule has 0 aliphatic carbocycles. The Bertz CT molecular complexity index is 1070. The average Bonchev–Trinajstić information content (AvgIpc) is 3.27. The van der Waals surface area contributed by atoms with Crippen LogP contribution in [-0.2, 0) is 21.5 Å². The number of piperidine rings is 1. The molecule has 1 atom stereocenters. The minimum absolute atomic E-state index is 0.154. The molecule has 3 N–H and O–H groups in total. The van der Waals surface area contributed by atoms with Crippen molar-refractivity contribution in [1.82, 2.24) is 20.4 Å². The second kappa shape index (κ2) is 7.08. The molecule has 4 amide bonds. The zero-order chi connectivity index (χ0) is 21.6. The van der Waals surface area contributed by atoms with Gasteiger partial charge in [-0.1, -0.05) is 20.8 Å². The average molecular weight is 409 g/mol. The number of nitrogens with one attached hydrogen (secondary N) is 3. The zero-order valence-corrected chi connectivity index (χ0v) is 17.0. The molecule has 9 heteroatoms. The summed E-state index contributed by atoms with van der Waals surface area (Å²) in [6.07, 6.45) is 0.515. The number of fused-ring (bicyclic) bond motifs is 1. The van der Waals surface area contributed by atoms with E-state index in [4.69, 9.17) is 0 Å². The van der Waals surface area contributed by atoms with Gasteiger partial charge in [0.2, 0.25) is 11.8 Å². The number of H-pyrrole nitrogens is 1. The summed E-state index contributed by atoms with van der Waals surface area (Å²) < 4.78 is 0. The van der Waals surface area contributed by atoms with Crippen molar-refractivity contribution in [3.63, 3.8) is 0 Å². The second-order valence-electron chi connectivity index (χ2n) is 8.64. The lowest BCUT2D eigenvalue weighted by molar-refractivity contribution is -0.136. The van der Waals surface area contributed by atoms with Crippen molar-refractivity contribution in [3.8, 4) is 0 Å². The first-order valence-corrected chi connectivity index (χ1v) is 9.78. The third-order valence-electron chi connectivity index (χ3n) is 5.40. The van der Waals surface area contributed by atoms with E-state index in [1.807, 2.05) is 20.8 Å². The Balaban J connectivity index is 1.49. The van der Waals surface area contributed by atoms with E-state index in [9.17, 15) is 19.2 Å². The minimum atomic E-state index is -0.666. The van der Waals surface area contributed by atoms with E-state index in [-0.39, 0.29) is 41.8 Å². The molecule has 0 radical (unpaired) electrons. The number of nitrogens with zero attached hydrogens (tertiary/aromatic N) is 2. The standard InChI is InChI=1S/C21H23N5O4/c1-21(2,3)16-9-14(24-25-16)18(28)22-12-4-5-13-11(8-12)10-26(20(13)30)15-6-7-17(27)23-19(15)29/h4-5,8-9,15H,6-7,10H2,1-3H3,(H,22,28)(H,24,25)(H,23,27,29). The van der Waals surface area contributed by atoms with Crippen molar-refractivity contribution < 1.29 is 19.2 Å². The van der Waals surface area contributed by atoms with Gasteiger partial charge < -0.3 is 10.2 Å². The van der Waals surface area contributed by atoms with Gasteiger partial charge in [0.1, 0.15) is 6.04 Å². The molecule has 1 saturated heterocycles. The molecule has 2 aliphatic heterocycles. The fraction of sp³-hybridized carbons (Fsp3) is 0.381. The van der Waals surface area contributed by atoms with Crippen LogP contribution < -0.4 is 10.6 Å². The Morgan fingerprint density at radius 2 is 1.97 bits per heavy atom. The quantitative estimate of drug-likeness (QED) is 0.666. The molecule has 1 unspecified atom stereocenters. The van der Waals surface area contributed by atoms with E-state index in [1.54, 1.807) is 24.3 Å². The summed E-state index contributed by atoms with van der Waals surface area (Å²) in [6, 6.07) is 6.08. The van der Waals surface area contributed by atoms with Gasteiger partial charge in [0.05, 0.1) is 0 Å². The Morgan fingerprint density at radius 3 is 2.63 bits per heavy atom. The predicted octanol–water partition coefficient (Wildman–Crippen LogP) is 1.72. The van der Waals surface area contributed by atoms with E-state index < -0.39 is 11.9 Å². The maximum atomic E-state index is 12.7. The van der Waals surface area contributed by atoms with Crippen LogP contribution in [0.5, 0.6) is 0 Å². The van der Waals surface area contributed by atoms with Crippen molar-refractivity contribution in [2.24, 2.45) is 0 Å². The first-order valence-electron chi connectivity index (χ1n) is 9.78. The molecule has 4 rings (SSSR count). The van der Waals surface area contributed by atoms with Gasteiger partial charge in [0.25, 0.3) is 11.8 Å². The normalized spacial score (nSPS) is 19.0. The van der Waals surface area contributed by atoms with Gasteiger partial charge in [-0.3, -0.25) is 29.6 Å². The third kappa shape index (κ3) is 3.58. The molecule has 156 valence electrons. The van der Waals surface area contributed by atoms with Gasteiger partial charge in [-0.15, -0.1) is 0 Å². The Morgan fingerprint density at radius 1 is 1.20 bits per heavy atom. The number of rotatable bonds is 3. The van der Waals surface area contributed by atoms with Gasteiger partial charge in [0.15, 0.2) is 5.69 Å². The van der Waals surface area contributed by atoms with Gasteiger partial charge in [-0.2, -0.15) is 5.10 Å². The molecule has 0 bridgehead atoms. The number of anilines is 1. The van der Waals surface area contributed by atoms with Gasteiger partial charge in [-0.25, -0.2) is 0 Å². The fourth-order valence-electron chi connectivity index (χ4n) is 3.67. The number of benzene rings is 1. The molecule has 3 heterocycles. The summed E-state index contributed by atoms with van der Waals surface area (Å²) in [6.45, 7) is 6.32. The van der Waals surface area contributed by atoms with Crippen LogP contribution in [0.25, 0.3) is 0 Å². The molecule has 2 aromatic rings. The van der Waals surface area contributed by atoms with Crippen LogP contribution >= 0.6 is 0 Å². The van der Waals surface area contributed by atoms with E-state index in [0.29, 0.717) is 17.7 Å². The summed E-state index contributed by atoms with van der Waals surface area (Å²) in [7, 11) is 0. The van der Waals surface area contributed by atoms with E-state index >= 15 is 0 Å². The van der Waals surface area contributed by atoms with E-state index in [0.717, 1.165) is 11.3 Å². The maximum Gasteiger partial charge on any atom is 0.276 e. The molecule has 1 aromatic carbocycles. The summed E-state index contributed by atoms with van der Waals surface area (Å²) in [4.78, 5) is 50.3. The van der Waals surface area contributed by atoms with Crippen molar-refractivity contribution in [2.45, 2.75) is 51.6 Å². The number of hydrogen-bond donors (Lipinski definition) is 3. The number of carbonyl (C=O) groups is 4. The van der Waals surface area contributed by atoms with Crippen LogP contribution in [0, 0.1) is 0 Å². The van der Waals surface area contributed by atoms with Crippen LogP contribution in [0.2, 0.25) is 0 Å². The number of amides is 4. The Labute approximate surface area is 173 Å².